The molecule has 1 aliphatic heterocycles. The van der Waals surface area contributed by atoms with Crippen molar-refractivity contribution in [2.75, 3.05) is 33.7 Å². The first-order valence-corrected chi connectivity index (χ1v) is 5.12. The summed E-state index contributed by atoms with van der Waals surface area (Å²) in [6.45, 7) is 4.98. The van der Waals surface area contributed by atoms with E-state index in [2.05, 4.69) is 11.8 Å². The van der Waals surface area contributed by atoms with Crippen LogP contribution in [0.15, 0.2) is 0 Å². The largest absolute Gasteiger partial charge is 0.349 e. The Hall–Kier alpha value is -0.610. The van der Waals surface area contributed by atoms with Gasteiger partial charge in [-0.2, -0.15) is 0 Å². The van der Waals surface area contributed by atoms with E-state index in [4.69, 9.17) is 5.73 Å². The molecule has 4 nitrogen and oxygen atoms in total. The highest BCUT2D eigenvalue weighted by molar-refractivity contribution is 5.75. The molecule has 1 rings (SSSR count). The van der Waals surface area contributed by atoms with E-state index in [0.717, 1.165) is 26.1 Å². The quantitative estimate of drug-likeness (QED) is 0.687. The van der Waals surface area contributed by atoms with E-state index in [0.29, 0.717) is 6.42 Å². The van der Waals surface area contributed by atoms with Crippen LogP contribution in [-0.2, 0) is 4.79 Å². The summed E-state index contributed by atoms with van der Waals surface area (Å²) in [4.78, 5) is 15.2. The van der Waals surface area contributed by atoms with E-state index in [9.17, 15) is 4.79 Å². The smallest absolute Gasteiger partial charge is 0.222 e. The number of carbonyl (C=O) groups is 1. The van der Waals surface area contributed by atoms with Crippen LogP contribution in [0.1, 0.15) is 19.8 Å². The summed E-state index contributed by atoms with van der Waals surface area (Å²) in [5.41, 5.74) is 5.88. The van der Waals surface area contributed by atoms with Gasteiger partial charge in [0.1, 0.15) is 0 Å². The van der Waals surface area contributed by atoms with Crippen LogP contribution in [0.4, 0.5) is 0 Å². The second kappa shape index (κ2) is 4.28. The Morgan fingerprint density at radius 1 is 1.50 bits per heavy atom. The molecule has 2 N–H and O–H groups in total. The summed E-state index contributed by atoms with van der Waals surface area (Å²) in [6.07, 6.45) is 1.58. The van der Waals surface area contributed by atoms with Crippen molar-refractivity contribution in [1.82, 2.24) is 9.80 Å². The van der Waals surface area contributed by atoms with Crippen LogP contribution in [0.5, 0.6) is 0 Å². The van der Waals surface area contributed by atoms with Gasteiger partial charge in [0.25, 0.3) is 0 Å². The number of nitrogens with two attached hydrogens (primary N) is 1. The van der Waals surface area contributed by atoms with Crippen molar-refractivity contribution < 1.29 is 4.79 Å². The number of hydrogen-bond donors (Lipinski definition) is 1. The van der Waals surface area contributed by atoms with Gasteiger partial charge in [0.15, 0.2) is 0 Å². The van der Waals surface area contributed by atoms with Gasteiger partial charge in [0.05, 0.1) is 0 Å². The first-order valence-electron chi connectivity index (χ1n) is 5.12. The van der Waals surface area contributed by atoms with Gasteiger partial charge >= 0.3 is 0 Å². The first-order chi connectivity index (χ1) is 6.41. The summed E-state index contributed by atoms with van der Waals surface area (Å²) >= 11 is 0. The Balaban J connectivity index is 2.04. The molecule has 0 aliphatic carbocycles. The lowest BCUT2D eigenvalue weighted by atomic mass is 9.93. The maximum atomic E-state index is 11.2. The number of nitrogens with zero attached hydrogens (tertiary/aromatic N) is 2. The average Bonchev–Trinajstić information content (AvgIpc) is 2.00. The minimum atomic E-state index is 0.00551. The average molecular weight is 199 g/mol. The molecule has 0 aromatic rings. The summed E-state index contributed by atoms with van der Waals surface area (Å²) in [5, 5.41) is 0. The lowest BCUT2D eigenvalue weighted by Crippen LogP contribution is -2.65. The molecule has 1 heterocycles. The molecule has 14 heavy (non-hydrogen) atoms. The Labute approximate surface area is 86.0 Å². The summed E-state index contributed by atoms with van der Waals surface area (Å²) in [6, 6.07) is 0. The molecular formula is C10H21N3O. The lowest BCUT2D eigenvalue weighted by molar-refractivity contribution is -0.128. The fraction of sp³-hybridized carbons (Fsp3) is 0.900. The molecule has 0 spiro atoms. The van der Waals surface area contributed by atoms with Crippen molar-refractivity contribution in [1.29, 1.82) is 0 Å². The van der Waals surface area contributed by atoms with Crippen molar-refractivity contribution in [3.8, 4) is 0 Å². The molecule has 0 atom stereocenters. The predicted molar refractivity (Wildman–Crippen MR) is 57.0 cm³/mol. The van der Waals surface area contributed by atoms with Gasteiger partial charge in [-0.25, -0.2) is 0 Å². The minimum Gasteiger partial charge on any atom is -0.349 e. The molecule has 1 saturated heterocycles. The highest BCUT2D eigenvalue weighted by atomic mass is 16.2. The monoisotopic (exact) mass is 199 g/mol. The predicted octanol–water partition coefficient (Wildman–Crippen LogP) is -0.112. The highest BCUT2D eigenvalue weighted by Gasteiger charge is 2.33. The maximum Gasteiger partial charge on any atom is 0.222 e. The number of amides is 1. The summed E-state index contributed by atoms with van der Waals surface area (Å²) in [5.74, 6) is 0.209. The highest BCUT2D eigenvalue weighted by Crippen LogP contribution is 2.17. The molecule has 0 aromatic carbocycles. The Bertz CT molecular complexity index is 205. The van der Waals surface area contributed by atoms with Crippen LogP contribution < -0.4 is 5.73 Å². The van der Waals surface area contributed by atoms with Crippen LogP contribution in [0.2, 0.25) is 0 Å². The molecule has 1 aliphatic rings. The zero-order chi connectivity index (χ0) is 10.8. The van der Waals surface area contributed by atoms with Crippen molar-refractivity contribution in [2.24, 2.45) is 5.73 Å². The number of rotatable bonds is 4. The molecule has 1 fully saturated rings. The molecular weight excluding hydrogens is 178 g/mol. The van der Waals surface area contributed by atoms with E-state index >= 15 is 0 Å². The number of carbonyl (C=O) groups excluding carboxylic acids is 1. The van der Waals surface area contributed by atoms with Gasteiger partial charge in [-0.15, -0.1) is 0 Å². The Kier molecular flexibility index (Phi) is 3.50. The fourth-order valence-corrected chi connectivity index (χ4v) is 1.81. The molecule has 0 unspecified atom stereocenters. The van der Waals surface area contributed by atoms with Crippen molar-refractivity contribution in [3.63, 3.8) is 0 Å². The fourth-order valence-electron chi connectivity index (χ4n) is 1.81. The second-order valence-corrected chi connectivity index (χ2v) is 4.76. The Morgan fingerprint density at radius 3 is 2.50 bits per heavy atom. The van der Waals surface area contributed by atoms with Crippen LogP contribution in [0.3, 0.4) is 0 Å². The van der Waals surface area contributed by atoms with E-state index in [1.54, 1.807) is 19.0 Å². The second-order valence-electron chi connectivity index (χ2n) is 4.76. The molecule has 82 valence electrons. The van der Waals surface area contributed by atoms with Gasteiger partial charge in [0, 0.05) is 39.1 Å². The van der Waals surface area contributed by atoms with E-state index in [1.807, 2.05) is 0 Å². The standard InChI is InChI=1S/C10H21N3O/c1-10(11)7-13(8-10)6-4-5-9(14)12(2)3/h4-8,11H2,1-3H3. The van der Waals surface area contributed by atoms with Gasteiger partial charge < -0.3 is 10.6 Å². The third kappa shape index (κ3) is 3.27. The molecule has 0 radical (unpaired) electrons. The third-order valence-corrected chi connectivity index (χ3v) is 2.53. The minimum absolute atomic E-state index is 0.00551. The normalized spacial score (nSPS) is 20.3. The maximum absolute atomic E-state index is 11.2. The molecule has 0 saturated carbocycles. The number of likely N-dealkylation sites (tertiary alicyclic amines) is 1. The van der Waals surface area contributed by atoms with Gasteiger partial charge in [0.2, 0.25) is 5.91 Å². The zero-order valence-corrected chi connectivity index (χ0v) is 9.42. The first kappa shape index (κ1) is 11.5. The van der Waals surface area contributed by atoms with Crippen molar-refractivity contribution >= 4 is 5.91 Å². The summed E-state index contributed by atoms with van der Waals surface area (Å²) < 4.78 is 0. The van der Waals surface area contributed by atoms with Crippen molar-refractivity contribution in [3.05, 3.63) is 0 Å². The topological polar surface area (TPSA) is 49.6 Å². The van der Waals surface area contributed by atoms with Crippen molar-refractivity contribution in [2.45, 2.75) is 25.3 Å². The van der Waals surface area contributed by atoms with Gasteiger partial charge in [-0.05, 0) is 19.9 Å². The van der Waals surface area contributed by atoms with Crippen LogP contribution in [-0.4, -0.2) is 55.0 Å². The number of hydrogen-bond acceptors (Lipinski definition) is 3. The van der Waals surface area contributed by atoms with E-state index in [-0.39, 0.29) is 11.4 Å². The van der Waals surface area contributed by atoms with Gasteiger partial charge in [-0.1, -0.05) is 0 Å². The van der Waals surface area contributed by atoms with Gasteiger partial charge in [-0.3, -0.25) is 9.69 Å². The lowest BCUT2D eigenvalue weighted by Gasteiger charge is -2.45. The molecule has 1 amide bonds. The van der Waals surface area contributed by atoms with E-state index in [1.165, 1.54) is 0 Å². The Morgan fingerprint density at radius 2 is 2.07 bits per heavy atom. The molecule has 4 heteroatoms. The van der Waals surface area contributed by atoms with Crippen LogP contribution >= 0.6 is 0 Å². The SMILES string of the molecule is CN(C)C(=O)CCCN1CC(C)(N)C1. The zero-order valence-electron chi connectivity index (χ0n) is 9.42. The third-order valence-electron chi connectivity index (χ3n) is 2.53. The van der Waals surface area contributed by atoms with E-state index < -0.39 is 0 Å². The van der Waals surface area contributed by atoms with Crippen LogP contribution in [0.25, 0.3) is 0 Å². The summed E-state index contributed by atoms with van der Waals surface area (Å²) in [7, 11) is 3.59. The van der Waals surface area contributed by atoms with Crippen LogP contribution in [0, 0.1) is 0 Å². The molecule has 0 bridgehead atoms. The molecule has 0 aromatic heterocycles.